The summed E-state index contributed by atoms with van der Waals surface area (Å²) in [6.45, 7) is 18.8. The lowest BCUT2D eigenvalue weighted by atomic mass is 9.87. The molecule has 8 atom stereocenters. The molecule has 1 aliphatic heterocycles. The van der Waals surface area contributed by atoms with Crippen LogP contribution in [0.2, 0.25) is 0 Å². The van der Waals surface area contributed by atoms with Gasteiger partial charge in [-0.15, -0.1) is 0 Å². The number of likely N-dealkylation sites (tertiary alicyclic amines) is 1. The summed E-state index contributed by atoms with van der Waals surface area (Å²) < 4.78 is 0. The molecule has 1 saturated heterocycles. The molecule has 14 amide bonds. The van der Waals surface area contributed by atoms with E-state index in [9.17, 15) is 72.2 Å². The largest absolute Gasteiger partial charge is 0.394 e. The second kappa shape index (κ2) is 38.8. The molecule has 0 bridgehead atoms. The first kappa shape index (κ1) is 81.9. The van der Waals surface area contributed by atoms with Crippen LogP contribution in [0.25, 0.3) is 0 Å². The third-order valence-corrected chi connectivity index (χ3v) is 16.3. The summed E-state index contributed by atoms with van der Waals surface area (Å²) in [5.41, 5.74) is 10.1. The first-order valence-corrected chi connectivity index (χ1v) is 32.8. The number of nitrogens with two attached hydrogens (primary N) is 3. The summed E-state index contributed by atoms with van der Waals surface area (Å²) >= 11 is 0. The predicted octanol–water partition coefficient (Wildman–Crippen LogP) is 0.0937. The zero-order valence-corrected chi connectivity index (χ0v) is 57.2. The summed E-state index contributed by atoms with van der Waals surface area (Å²) in [6.07, 6.45) is 3.63. The van der Waals surface area contributed by atoms with Crippen molar-refractivity contribution >= 4 is 82.7 Å². The second-order valence-corrected chi connectivity index (χ2v) is 26.5. The SMILES string of the molecule is CCCCCCCC(=O)NC(C)(C)C(=O)N1CCC[C@H]1C(=O)N[C@@H](Cc1ccccc1)C(=O)NC(C)(C)C(=O)N[C@@H](CCC(N)=O)C(=O)N[C@@H](CCC(N)=O)C(=O)NC(C)(C)C(=O)N[C@@](CC)(CCC)C(=O)N[C@@H](CCC(N)=O)C(=O)N[C@@H](C)C(=O)N[C@H](CO)CC(C)C. The number of primary amides is 3. The van der Waals surface area contributed by atoms with Crippen molar-refractivity contribution in [3.05, 3.63) is 35.9 Å². The summed E-state index contributed by atoms with van der Waals surface area (Å²) in [7, 11) is 0. The van der Waals surface area contributed by atoms with Crippen molar-refractivity contribution in [3.8, 4) is 0 Å². The van der Waals surface area contributed by atoms with Crippen molar-refractivity contribution in [2.75, 3.05) is 13.2 Å². The molecule has 94 heavy (non-hydrogen) atoms. The van der Waals surface area contributed by atoms with Crippen molar-refractivity contribution in [1.29, 1.82) is 0 Å². The van der Waals surface area contributed by atoms with Crippen LogP contribution >= 0.6 is 0 Å². The topological polar surface area (TPSA) is 461 Å². The van der Waals surface area contributed by atoms with Gasteiger partial charge in [0, 0.05) is 38.6 Å². The molecule has 1 fully saturated rings. The Kier molecular flexibility index (Phi) is 33.8. The van der Waals surface area contributed by atoms with E-state index in [0.29, 0.717) is 31.2 Å². The fourth-order valence-electron chi connectivity index (χ4n) is 10.7. The number of aliphatic hydroxyl groups excluding tert-OH is 1. The molecule has 528 valence electrons. The number of carbonyl (C=O) groups is 14. The molecule has 0 aromatic heterocycles. The third kappa shape index (κ3) is 27.4. The van der Waals surface area contributed by atoms with E-state index in [1.54, 1.807) is 58.0 Å². The van der Waals surface area contributed by atoms with Gasteiger partial charge in [-0.25, -0.2) is 0 Å². The normalized spacial score (nSPS) is 15.8. The Morgan fingerprint density at radius 3 is 1.56 bits per heavy atom. The van der Waals surface area contributed by atoms with Gasteiger partial charge in [-0.3, -0.25) is 67.1 Å². The lowest BCUT2D eigenvalue weighted by Gasteiger charge is -2.37. The van der Waals surface area contributed by atoms with Gasteiger partial charge in [0.25, 0.3) is 0 Å². The van der Waals surface area contributed by atoms with E-state index < -0.39 is 167 Å². The quantitative estimate of drug-likeness (QED) is 0.0386. The zero-order chi connectivity index (χ0) is 71.3. The highest BCUT2D eigenvalue weighted by Gasteiger charge is 2.46. The molecule has 1 aromatic carbocycles. The highest BCUT2D eigenvalue weighted by atomic mass is 16.3. The summed E-state index contributed by atoms with van der Waals surface area (Å²) in [6, 6.07) is -0.231. The van der Waals surface area contributed by atoms with E-state index in [0.717, 1.165) is 25.7 Å². The lowest BCUT2D eigenvalue weighted by molar-refractivity contribution is -0.145. The van der Waals surface area contributed by atoms with Crippen LogP contribution in [0.5, 0.6) is 0 Å². The first-order chi connectivity index (χ1) is 43.9. The minimum Gasteiger partial charge on any atom is -0.394 e. The summed E-state index contributed by atoms with van der Waals surface area (Å²) in [5.74, 6) is -11.1. The lowest BCUT2D eigenvalue weighted by Crippen LogP contribution is -2.67. The molecule has 0 unspecified atom stereocenters. The number of benzene rings is 1. The van der Waals surface area contributed by atoms with Crippen LogP contribution in [0.15, 0.2) is 30.3 Å². The van der Waals surface area contributed by atoms with E-state index >= 15 is 0 Å². The number of aliphatic hydroxyl groups is 1. The van der Waals surface area contributed by atoms with Crippen molar-refractivity contribution in [2.45, 2.75) is 270 Å². The van der Waals surface area contributed by atoms with Crippen molar-refractivity contribution < 1.29 is 72.2 Å². The van der Waals surface area contributed by atoms with Crippen LogP contribution < -0.4 is 70.4 Å². The third-order valence-electron chi connectivity index (χ3n) is 16.3. The molecule has 29 heteroatoms. The van der Waals surface area contributed by atoms with Crippen LogP contribution in [-0.4, -0.2) is 170 Å². The maximum atomic E-state index is 14.4. The fraction of sp³-hybridized carbons (Fsp3) is 0.692. The van der Waals surface area contributed by atoms with E-state index in [4.69, 9.17) is 17.2 Å². The Balaban J connectivity index is 2.41. The number of unbranched alkanes of at least 4 members (excludes halogenated alkanes) is 4. The minimum absolute atomic E-state index is 0.0159. The van der Waals surface area contributed by atoms with Crippen LogP contribution in [-0.2, 0) is 73.5 Å². The smallest absolute Gasteiger partial charge is 0.248 e. The van der Waals surface area contributed by atoms with Crippen LogP contribution in [0, 0.1) is 5.92 Å². The molecule has 0 spiro atoms. The molecule has 0 radical (unpaired) electrons. The molecule has 29 nitrogen and oxygen atoms in total. The highest BCUT2D eigenvalue weighted by Crippen LogP contribution is 2.24. The maximum Gasteiger partial charge on any atom is 0.248 e. The van der Waals surface area contributed by atoms with Crippen LogP contribution in [0.4, 0.5) is 0 Å². The van der Waals surface area contributed by atoms with Crippen LogP contribution in [0.1, 0.15) is 204 Å². The first-order valence-electron chi connectivity index (χ1n) is 32.8. The van der Waals surface area contributed by atoms with E-state index in [1.165, 1.54) is 39.5 Å². The van der Waals surface area contributed by atoms with Crippen molar-refractivity contribution in [2.24, 2.45) is 23.1 Å². The number of nitrogens with zero attached hydrogens (tertiary/aromatic N) is 1. The van der Waals surface area contributed by atoms with E-state index in [2.05, 4.69) is 60.1 Å². The molecule has 17 N–H and O–H groups in total. The van der Waals surface area contributed by atoms with Gasteiger partial charge in [-0.05, 0) is 118 Å². The van der Waals surface area contributed by atoms with Crippen LogP contribution in [0.3, 0.4) is 0 Å². The highest BCUT2D eigenvalue weighted by molar-refractivity contribution is 6.02. The van der Waals surface area contributed by atoms with Gasteiger partial charge in [0.05, 0.1) is 12.6 Å². The number of amides is 14. The minimum atomic E-state index is -1.93. The van der Waals surface area contributed by atoms with Gasteiger partial charge in [0.1, 0.15) is 58.4 Å². The average molecular weight is 1330 g/mol. The van der Waals surface area contributed by atoms with Gasteiger partial charge in [0.2, 0.25) is 82.7 Å². The number of carbonyl (C=O) groups excluding carboxylic acids is 14. The number of rotatable bonds is 43. The Morgan fingerprint density at radius 1 is 0.543 bits per heavy atom. The molecule has 1 aromatic rings. The van der Waals surface area contributed by atoms with Gasteiger partial charge >= 0.3 is 0 Å². The molecule has 0 aliphatic carbocycles. The Morgan fingerprint density at radius 2 is 1.05 bits per heavy atom. The van der Waals surface area contributed by atoms with Crippen molar-refractivity contribution in [3.63, 3.8) is 0 Å². The maximum absolute atomic E-state index is 14.4. The Hall–Kier alpha value is -8.24. The molecule has 1 aliphatic rings. The zero-order valence-electron chi connectivity index (χ0n) is 57.2. The molecule has 0 saturated carbocycles. The number of hydrogen-bond acceptors (Lipinski definition) is 15. The molecular weight excluding hydrogens is 1220 g/mol. The Labute approximate surface area is 552 Å². The van der Waals surface area contributed by atoms with E-state index in [-0.39, 0.29) is 69.9 Å². The van der Waals surface area contributed by atoms with Gasteiger partial charge in [-0.1, -0.05) is 97.1 Å². The summed E-state index contributed by atoms with van der Waals surface area (Å²) in [4.78, 5) is 192. The standard InChI is InChI=1S/C65H108N14O15/c1-13-16-17-18-22-27-51(84)75-64(11,12)61(94)79-35-23-26-47(79)57(90)72-46(37-41-24-20-19-21-25-41)56(89)77-62(7,8)58(91)73-44(29-32-49(67)82)54(87)71-45(30-33-50(68)83)55(88)76-63(9,10)59(92)78-65(15-3,34-14-2)60(93)74-43(28-31-48(66)81)53(86)69-40(6)52(85)70-42(38-80)36-39(4)5/h19-21,24-25,39-40,42-47,80H,13-18,22-23,26-38H2,1-12H3,(H2,66,81)(H2,67,82)(H2,68,83)(H,69,86)(H,70,85)(H,71,87)(H,72,90)(H,73,91)(H,74,93)(H,75,84)(H,76,88)(H,77,89)(H,78,92)/t40-,42-,43-,44-,45-,46-,47-,65-/m0/s1. The number of nitrogens with one attached hydrogen (secondary N) is 10. The molecule has 1 heterocycles. The van der Waals surface area contributed by atoms with Gasteiger partial charge in [0.15, 0.2) is 0 Å². The Bertz CT molecular complexity index is 2800. The average Bonchev–Trinajstić information content (AvgIpc) is 1.25. The van der Waals surface area contributed by atoms with E-state index in [1.807, 2.05) is 13.8 Å². The fourth-order valence-corrected chi connectivity index (χ4v) is 10.7. The van der Waals surface area contributed by atoms with Gasteiger partial charge < -0.3 is 80.4 Å². The molecular formula is C65H108N14O15. The summed E-state index contributed by atoms with van der Waals surface area (Å²) in [5, 5.41) is 36.1. The van der Waals surface area contributed by atoms with Gasteiger partial charge in [-0.2, -0.15) is 0 Å². The second-order valence-electron chi connectivity index (χ2n) is 26.5. The van der Waals surface area contributed by atoms with Crippen molar-refractivity contribution in [1.82, 2.24) is 58.1 Å². The predicted molar refractivity (Wildman–Crippen MR) is 350 cm³/mol. The monoisotopic (exact) mass is 1320 g/mol. The number of hydrogen-bond donors (Lipinski definition) is 14. The molecule has 2 rings (SSSR count).